The summed E-state index contributed by atoms with van der Waals surface area (Å²) in [4.78, 5) is 2.45. The van der Waals surface area contributed by atoms with E-state index in [1.54, 1.807) is 0 Å². The van der Waals surface area contributed by atoms with E-state index in [9.17, 15) is 0 Å². The van der Waals surface area contributed by atoms with E-state index in [0.717, 1.165) is 11.4 Å². The van der Waals surface area contributed by atoms with E-state index in [1.807, 2.05) is 11.3 Å². The molecule has 1 heterocycles. The highest BCUT2D eigenvalue weighted by Crippen LogP contribution is 2.47. The second-order valence-electron chi connectivity index (χ2n) is 11.8. The van der Waals surface area contributed by atoms with Crippen molar-refractivity contribution < 1.29 is 0 Å². The lowest BCUT2D eigenvalue weighted by molar-refractivity contribution is 1.31. The minimum atomic E-state index is 1.13. The number of anilines is 3. The van der Waals surface area contributed by atoms with Crippen LogP contribution < -0.4 is 4.90 Å². The molecule has 0 spiro atoms. The first-order valence-electron chi connectivity index (χ1n) is 15.7. The van der Waals surface area contributed by atoms with Gasteiger partial charge in [-0.05, 0) is 75.5 Å². The molecule has 9 aromatic rings. The molecular weight excluding hydrogens is 575 g/mol. The minimum Gasteiger partial charge on any atom is -0.310 e. The zero-order chi connectivity index (χ0) is 30.5. The van der Waals surface area contributed by atoms with Crippen molar-refractivity contribution in [2.75, 3.05) is 4.90 Å². The topological polar surface area (TPSA) is 3.24 Å². The van der Waals surface area contributed by atoms with Gasteiger partial charge in [0.15, 0.2) is 0 Å². The highest BCUT2D eigenvalue weighted by molar-refractivity contribution is 7.26. The predicted molar refractivity (Wildman–Crippen MR) is 200 cm³/mol. The average molecular weight is 604 g/mol. The molecule has 0 saturated heterocycles. The first kappa shape index (κ1) is 26.7. The molecule has 0 unspecified atom stereocenters. The number of thiophene rings is 1. The van der Waals surface area contributed by atoms with Gasteiger partial charge in [-0.1, -0.05) is 133 Å². The lowest BCUT2D eigenvalue weighted by Gasteiger charge is -2.28. The summed E-state index contributed by atoms with van der Waals surface area (Å²) >= 11 is 1.89. The number of hydrogen-bond acceptors (Lipinski definition) is 2. The summed E-state index contributed by atoms with van der Waals surface area (Å²) in [5.74, 6) is 0. The van der Waals surface area contributed by atoms with E-state index in [0.29, 0.717) is 0 Å². The number of fused-ring (bicyclic) bond motifs is 6. The third-order valence-electron chi connectivity index (χ3n) is 9.01. The van der Waals surface area contributed by atoms with Crippen LogP contribution in [0.2, 0.25) is 0 Å². The molecule has 0 aliphatic rings. The van der Waals surface area contributed by atoms with Crippen LogP contribution in [0.15, 0.2) is 176 Å². The molecule has 0 aliphatic carbocycles. The SMILES string of the molecule is c1ccc(-c2cccc(N(c3ccc4ccccc4c3)c3cc4c5cc(-c6ccccc6)ccc5sc4c4ccccc34)c2)cc1. The van der Waals surface area contributed by atoms with Gasteiger partial charge in [-0.15, -0.1) is 11.3 Å². The Balaban J connectivity index is 1.34. The highest BCUT2D eigenvalue weighted by Gasteiger charge is 2.20. The summed E-state index contributed by atoms with van der Waals surface area (Å²) in [7, 11) is 0. The summed E-state index contributed by atoms with van der Waals surface area (Å²) in [6, 6.07) is 64.0. The van der Waals surface area contributed by atoms with Crippen LogP contribution in [0.25, 0.3) is 64.0 Å². The average Bonchev–Trinajstić information content (AvgIpc) is 3.51. The maximum atomic E-state index is 2.45. The normalized spacial score (nSPS) is 11.5. The van der Waals surface area contributed by atoms with Gasteiger partial charge in [0, 0.05) is 42.3 Å². The van der Waals surface area contributed by atoms with E-state index < -0.39 is 0 Å². The number of rotatable bonds is 5. The van der Waals surface area contributed by atoms with Crippen LogP contribution in [0.4, 0.5) is 17.1 Å². The fraction of sp³-hybridized carbons (Fsp3) is 0. The van der Waals surface area contributed by atoms with Crippen molar-refractivity contribution in [3.05, 3.63) is 176 Å². The molecule has 8 aromatic carbocycles. The molecule has 9 rings (SSSR count). The number of hydrogen-bond donors (Lipinski definition) is 0. The highest BCUT2D eigenvalue weighted by atomic mass is 32.1. The van der Waals surface area contributed by atoms with Crippen LogP contribution in [0, 0.1) is 0 Å². The Bertz CT molecular complexity index is 2530. The summed E-state index contributed by atoms with van der Waals surface area (Å²) in [5, 5.41) is 7.57. The van der Waals surface area contributed by atoms with Crippen LogP contribution in [0.1, 0.15) is 0 Å². The third-order valence-corrected chi connectivity index (χ3v) is 10.2. The van der Waals surface area contributed by atoms with Crippen molar-refractivity contribution >= 4 is 70.1 Å². The summed E-state index contributed by atoms with van der Waals surface area (Å²) < 4.78 is 2.64. The van der Waals surface area contributed by atoms with Gasteiger partial charge >= 0.3 is 0 Å². The second kappa shape index (κ2) is 11.0. The molecule has 0 amide bonds. The van der Waals surface area contributed by atoms with E-state index in [1.165, 1.54) is 69.7 Å². The number of nitrogens with zero attached hydrogens (tertiary/aromatic N) is 1. The van der Waals surface area contributed by atoms with Crippen molar-refractivity contribution in [2.45, 2.75) is 0 Å². The molecule has 1 nitrogen and oxygen atoms in total. The lowest BCUT2D eigenvalue weighted by atomic mass is 9.99. The summed E-state index contributed by atoms with van der Waals surface area (Å²) in [5.41, 5.74) is 8.32. The van der Waals surface area contributed by atoms with Gasteiger partial charge in [-0.2, -0.15) is 0 Å². The number of benzene rings is 8. The van der Waals surface area contributed by atoms with E-state index in [4.69, 9.17) is 0 Å². The predicted octanol–water partition coefficient (Wildman–Crippen LogP) is 13.2. The van der Waals surface area contributed by atoms with Crippen molar-refractivity contribution in [2.24, 2.45) is 0 Å². The van der Waals surface area contributed by atoms with Gasteiger partial charge in [0.25, 0.3) is 0 Å². The molecule has 216 valence electrons. The fourth-order valence-electron chi connectivity index (χ4n) is 6.77. The van der Waals surface area contributed by atoms with Crippen molar-refractivity contribution in [3.63, 3.8) is 0 Å². The second-order valence-corrected chi connectivity index (χ2v) is 12.8. The van der Waals surface area contributed by atoms with Gasteiger partial charge in [0.2, 0.25) is 0 Å². The smallest absolute Gasteiger partial charge is 0.0547 e. The molecule has 0 fully saturated rings. The van der Waals surface area contributed by atoms with Crippen molar-refractivity contribution in [1.29, 1.82) is 0 Å². The molecule has 0 saturated carbocycles. The monoisotopic (exact) mass is 603 g/mol. The van der Waals surface area contributed by atoms with E-state index in [-0.39, 0.29) is 0 Å². The van der Waals surface area contributed by atoms with Gasteiger partial charge in [-0.3, -0.25) is 0 Å². The molecule has 0 atom stereocenters. The quantitative estimate of drug-likeness (QED) is 0.189. The van der Waals surface area contributed by atoms with Gasteiger partial charge < -0.3 is 4.90 Å². The Hall–Kier alpha value is -5.70. The molecular formula is C44H29NS. The molecule has 0 aliphatic heterocycles. The fourth-order valence-corrected chi connectivity index (χ4v) is 7.97. The molecule has 1 aromatic heterocycles. The Kier molecular flexibility index (Phi) is 6.40. The molecule has 0 N–H and O–H groups in total. The zero-order valence-electron chi connectivity index (χ0n) is 25.1. The van der Waals surface area contributed by atoms with E-state index in [2.05, 4.69) is 181 Å². The van der Waals surface area contributed by atoms with Gasteiger partial charge in [-0.25, -0.2) is 0 Å². The molecule has 0 bridgehead atoms. The Morgan fingerprint density at radius 2 is 0.978 bits per heavy atom. The van der Waals surface area contributed by atoms with Crippen LogP contribution in [0.3, 0.4) is 0 Å². The maximum Gasteiger partial charge on any atom is 0.0547 e. The summed E-state index contributed by atoms with van der Waals surface area (Å²) in [6.07, 6.45) is 0. The van der Waals surface area contributed by atoms with Crippen molar-refractivity contribution in [3.8, 4) is 22.3 Å². The molecule has 2 heteroatoms. The maximum absolute atomic E-state index is 2.45. The first-order chi connectivity index (χ1) is 22.8. The largest absolute Gasteiger partial charge is 0.310 e. The van der Waals surface area contributed by atoms with E-state index >= 15 is 0 Å². The summed E-state index contributed by atoms with van der Waals surface area (Å²) in [6.45, 7) is 0. The zero-order valence-corrected chi connectivity index (χ0v) is 25.9. The van der Waals surface area contributed by atoms with Gasteiger partial charge in [0.1, 0.15) is 0 Å². The van der Waals surface area contributed by atoms with Crippen molar-refractivity contribution in [1.82, 2.24) is 0 Å². The molecule has 0 radical (unpaired) electrons. The van der Waals surface area contributed by atoms with Crippen LogP contribution in [-0.2, 0) is 0 Å². The Morgan fingerprint density at radius 1 is 0.348 bits per heavy atom. The van der Waals surface area contributed by atoms with Crippen LogP contribution >= 0.6 is 11.3 Å². The minimum absolute atomic E-state index is 1.13. The Morgan fingerprint density at radius 3 is 1.76 bits per heavy atom. The lowest BCUT2D eigenvalue weighted by Crippen LogP contribution is -2.10. The molecule has 46 heavy (non-hydrogen) atoms. The first-order valence-corrected chi connectivity index (χ1v) is 16.5. The van der Waals surface area contributed by atoms with Crippen LogP contribution in [-0.4, -0.2) is 0 Å². The standard InChI is InChI=1S/C44H29NS/c1-3-12-30(13-4-1)34-18-11-19-36(26-34)45(37-24-22-32-16-7-8-17-33(32)27-37)42-29-41-40-28-35(31-14-5-2-6-15-31)23-25-43(40)46-44(41)39-21-10-9-20-38(39)42/h1-29H. The van der Waals surface area contributed by atoms with Crippen LogP contribution in [0.5, 0.6) is 0 Å². The third kappa shape index (κ3) is 4.54. The Labute approximate surface area is 272 Å². The van der Waals surface area contributed by atoms with Gasteiger partial charge in [0.05, 0.1) is 5.69 Å².